The number of aliphatic imine (C=N–C) groups is 1. The first-order chi connectivity index (χ1) is 12.9. The van der Waals surface area contributed by atoms with Crippen molar-refractivity contribution < 1.29 is 13.2 Å². The van der Waals surface area contributed by atoms with Crippen molar-refractivity contribution in [2.45, 2.75) is 38.6 Å². The second-order valence-corrected chi connectivity index (χ2v) is 9.01. The van der Waals surface area contributed by atoms with E-state index in [0.29, 0.717) is 18.2 Å². The maximum Gasteiger partial charge on any atom is 0.229 e. The minimum atomic E-state index is -3.32. The molecular formula is C19H32N4O3S. The number of nitrogens with one attached hydrogen (secondary N) is 3. The Morgan fingerprint density at radius 2 is 1.93 bits per heavy atom. The molecule has 0 aliphatic heterocycles. The van der Waals surface area contributed by atoms with E-state index in [4.69, 9.17) is 4.74 Å². The number of methoxy groups -OCH3 is 1. The van der Waals surface area contributed by atoms with Gasteiger partial charge in [0.2, 0.25) is 10.0 Å². The maximum atomic E-state index is 11.5. The van der Waals surface area contributed by atoms with Gasteiger partial charge in [-0.1, -0.05) is 31.0 Å². The predicted molar refractivity (Wildman–Crippen MR) is 111 cm³/mol. The fourth-order valence-corrected chi connectivity index (χ4v) is 4.20. The molecule has 7 nitrogen and oxygen atoms in total. The Bertz CT molecular complexity index is 728. The van der Waals surface area contributed by atoms with E-state index in [2.05, 4.69) is 20.3 Å². The molecule has 0 radical (unpaired) electrons. The molecule has 8 heteroatoms. The maximum absolute atomic E-state index is 11.5. The van der Waals surface area contributed by atoms with Crippen molar-refractivity contribution in [3.05, 3.63) is 29.8 Å². The number of hydrogen-bond donors (Lipinski definition) is 3. The van der Waals surface area contributed by atoms with Crippen molar-refractivity contribution in [2.75, 3.05) is 38.3 Å². The normalized spacial score (nSPS) is 16.9. The third kappa shape index (κ3) is 7.03. The molecule has 27 heavy (non-hydrogen) atoms. The van der Waals surface area contributed by atoms with Crippen LogP contribution in [0.5, 0.6) is 0 Å². The van der Waals surface area contributed by atoms with Gasteiger partial charge in [0, 0.05) is 33.9 Å². The lowest BCUT2D eigenvalue weighted by Gasteiger charge is -2.30. The van der Waals surface area contributed by atoms with Crippen LogP contribution in [0.4, 0.5) is 5.69 Å². The van der Waals surface area contributed by atoms with Crippen LogP contribution in [0.3, 0.4) is 0 Å². The van der Waals surface area contributed by atoms with E-state index in [1.165, 1.54) is 25.7 Å². The molecule has 0 saturated heterocycles. The van der Waals surface area contributed by atoms with Gasteiger partial charge in [-0.05, 0) is 36.3 Å². The Hall–Kier alpha value is -1.80. The van der Waals surface area contributed by atoms with Crippen LogP contribution < -0.4 is 15.4 Å². The van der Waals surface area contributed by atoms with Crippen LogP contribution in [0.1, 0.15) is 37.7 Å². The second kappa shape index (κ2) is 9.94. The zero-order valence-corrected chi connectivity index (χ0v) is 17.4. The highest BCUT2D eigenvalue weighted by Crippen LogP contribution is 2.40. The van der Waals surface area contributed by atoms with Crippen LogP contribution in [0.25, 0.3) is 0 Å². The Morgan fingerprint density at radius 3 is 2.56 bits per heavy atom. The lowest BCUT2D eigenvalue weighted by molar-refractivity contribution is 0.138. The summed E-state index contributed by atoms with van der Waals surface area (Å²) in [5, 5.41) is 6.73. The fraction of sp³-hybridized carbons (Fsp3) is 0.632. The van der Waals surface area contributed by atoms with Gasteiger partial charge in [-0.3, -0.25) is 9.71 Å². The molecule has 2 rings (SSSR count). The highest BCUT2D eigenvalue weighted by molar-refractivity contribution is 7.92. The summed E-state index contributed by atoms with van der Waals surface area (Å²) in [6.07, 6.45) is 7.15. The quantitative estimate of drug-likeness (QED) is 0.440. The zero-order valence-electron chi connectivity index (χ0n) is 16.5. The van der Waals surface area contributed by atoms with Crippen LogP contribution in [0.15, 0.2) is 29.3 Å². The molecule has 1 aromatic rings. The first-order valence-electron chi connectivity index (χ1n) is 9.37. The van der Waals surface area contributed by atoms with Crippen LogP contribution in [0, 0.1) is 5.41 Å². The van der Waals surface area contributed by atoms with Gasteiger partial charge in [0.25, 0.3) is 0 Å². The number of para-hydroxylation sites is 1. The van der Waals surface area contributed by atoms with Gasteiger partial charge in [0.15, 0.2) is 5.96 Å². The summed E-state index contributed by atoms with van der Waals surface area (Å²) in [5.74, 6) is 0.716. The van der Waals surface area contributed by atoms with E-state index in [0.717, 1.165) is 31.4 Å². The Balaban J connectivity index is 1.94. The standard InChI is InChI=1S/C19H32N4O3S/c1-20-18(22-15-19(12-13-26-2)10-6-7-11-19)21-14-16-8-4-5-9-17(16)23-27(3,24)25/h4-5,8-9,23H,6-7,10-15H2,1-3H3,(H2,20,21,22). The molecule has 0 amide bonds. The van der Waals surface area contributed by atoms with E-state index in [9.17, 15) is 8.42 Å². The van der Waals surface area contributed by atoms with Gasteiger partial charge in [-0.15, -0.1) is 0 Å². The van der Waals surface area contributed by atoms with E-state index in [-0.39, 0.29) is 5.41 Å². The summed E-state index contributed by atoms with van der Waals surface area (Å²) < 4.78 is 30.9. The molecule has 1 aliphatic carbocycles. The Morgan fingerprint density at radius 1 is 1.22 bits per heavy atom. The number of nitrogens with zero attached hydrogens (tertiary/aromatic N) is 1. The number of sulfonamides is 1. The SMILES string of the molecule is CN=C(NCc1ccccc1NS(C)(=O)=O)NCC1(CCOC)CCCC1. The van der Waals surface area contributed by atoms with Crippen LogP contribution in [-0.2, 0) is 21.3 Å². The summed E-state index contributed by atoms with van der Waals surface area (Å²) in [6.45, 7) is 2.11. The van der Waals surface area contributed by atoms with Crippen molar-refractivity contribution in [3.63, 3.8) is 0 Å². The molecule has 3 N–H and O–H groups in total. The largest absolute Gasteiger partial charge is 0.385 e. The molecule has 0 spiro atoms. The van der Waals surface area contributed by atoms with Crippen molar-refractivity contribution in [3.8, 4) is 0 Å². The zero-order chi connectivity index (χ0) is 19.8. The van der Waals surface area contributed by atoms with Crippen LogP contribution in [0.2, 0.25) is 0 Å². The van der Waals surface area contributed by atoms with Gasteiger partial charge in [0.1, 0.15) is 0 Å². The highest BCUT2D eigenvalue weighted by Gasteiger charge is 2.33. The number of hydrogen-bond acceptors (Lipinski definition) is 4. The van der Waals surface area contributed by atoms with Gasteiger partial charge in [-0.2, -0.15) is 0 Å². The third-order valence-electron chi connectivity index (χ3n) is 5.11. The molecular weight excluding hydrogens is 364 g/mol. The van der Waals surface area contributed by atoms with Gasteiger partial charge >= 0.3 is 0 Å². The molecule has 0 atom stereocenters. The summed E-state index contributed by atoms with van der Waals surface area (Å²) >= 11 is 0. The smallest absolute Gasteiger partial charge is 0.229 e. The monoisotopic (exact) mass is 396 g/mol. The molecule has 1 saturated carbocycles. The predicted octanol–water partition coefficient (Wildman–Crippen LogP) is 2.32. The second-order valence-electron chi connectivity index (χ2n) is 7.26. The first-order valence-corrected chi connectivity index (χ1v) is 11.3. The summed E-state index contributed by atoms with van der Waals surface area (Å²) in [4.78, 5) is 4.30. The highest BCUT2D eigenvalue weighted by atomic mass is 32.2. The average Bonchev–Trinajstić information content (AvgIpc) is 3.09. The van der Waals surface area contributed by atoms with E-state index < -0.39 is 10.0 Å². The molecule has 1 aliphatic rings. The third-order valence-corrected chi connectivity index (χ3v) is 5.70. The lowest BCUT2D eigenvalue weighted by Crippen LogP contribution is -2.43. The minimum Gasteiger partial charge on any atom is -0.385 e. The molecule has 152 valence electrons. The molecule has 1 fully saturated rings. The minimum absolute atomic E-state index is 0.267. The van der Waals surface area contributed by atoms with Gasteiger partial charge < -0.3 is 15.4 Å². The molecule has 0 unspecified atom stereocenters. The number of anilines is 1. The van der Waals surface area contributed by atoms with Crippen LogP contribution in [-0.4, -0.2) is 47.9 Å². The van der Waals surface area contributed by atoms with E-state index in [1.807, 2.05) is 18.2 Å². The number of rotatable bonds is 9. The van der Waals surface area contributed by atoms with Crippen molar-refractivity contribution in [1.82, 2.24) is 10.6 Å². The average molecular weight is 397 g/mol. The Kier molecular flexibility index (Phi) is 7.91. The lowest BCUT2D eigenvalue weighted by atomic mass is 9.83. The van der Waals surface area contributed by atoms with Gasteiger partial charge in [0.05, 0.1) is 11.9 Å². The van der Waals surface area contributed by atoms with E-state index >= 15 is 0 Å². The summed E-state index contributed by atoms with van der Waals surface area (Å²) in [7, 11) is 0.173. The van der Waals surface area contributed by atoms with E-state index in [1.54, 1.807) is 20.2 Å². The molecule has 1 aromatic carbocycles. The van der Waals surface area contributed by atoms with Gasteiger partial charge in [-0.25, -0.2) is 8.42 Å². The molecule has 0 heterocycles. The van der Waals surface area contributed by atoms with Crippen molar-refractivity contribution in [1.29, 1.82) is 0 Å². The number of benzene rings is 1. The number of ether oxygens (including phenoxy) is 1. The summed E-state index contributed by atoms with van der Waals surface area (Å²) in [6, 6.07) is 7.35. The number of guanidine groups is 1. The van der Waals surface area contributed by atoms with Crippen molar-refractivity contribution in [2.24, 2.45) is 10.4 Å². The molecule has 0 bridgehead atoms. The summed E-state index contributed by atoms with van der Waals surface area (Å²) in [5.41, 5.74) is 1.71. The van der Waals surface area contributed by atoms with Crippen molar-refractivity contribution >= 4 is 21.7 Å². The fourth-order valence-electron chi connectivity index (χ4n) is 3.60. The first kappa shape index (κ1) is 21.5. The molecule has 0 aromatic heterocycles. The topological polar surface area (TPSA) is 91.8 Å². The van der Waals surface area contributed by atoms with Crippen LogP contribution >= 0.6 is 0 Å². The Labute approximate surface area is 163 Å².